The van der Waals surface area contributed by atoms with Crippen molar-refractivity contribution in [3.8, 4) is 5.69 Å². The maximum atomic E-state index is 13.3. The Morgan fingerprint density at radius 3 is 2.88 bits per heavy atom. The highest BCUT2D eigenvalue weighted by Crippen LogP contribution is 2.15. The Hall–Kier alpha value is -2.37. The first kappa shape index (κ1) is 11.1. The highest BCUT2D eigenvalue weighted by molar-refractivity contribution is 5.91. The molecule has 6 heteroatoms. The molecule has 1 aromatic carbocycles. The van der Waals surface area contributed by atoms with Gasteiger partial charge in [-0.15, -0.1) is 0 Å². The summed E-state index contributed by atoms with van der Waals surface area (Å²) in [4.78, 5) is 11.3. The number of halogens is 1. The second-order valence-corrected chi connectivity index (χ2v) is 3.43. The van der Waals surface area contributed by atoms with E-state index in [2.05, 4.69) is 10.4 Å². The number of aromatic nitrogens is 2. The fourth-order valence-corrected chi connectivity index (χ4v) is 1.38. The second-order valence-electron chi connectivity index (χ2n) is 3.43. The zero-order valence-electron chi connectivity index (χ0n) is 9.14. The minimum Gasteiger partial charge on any atom is -0.396 e. The molecule has 0 atom stereocenters. The van der Waals surface area contributed by atoms with Gasteiger partial charge in [-0.1, -0.05) is 0 Å². The van der Waals surface area contributed by atoms with Gasteiger partial charge in [-0.25, -0.2) is 9.07 Å². The number of carbonyl (C=O) groups is 1. The van der Waals surface area contributed by atoms with Crippen molar-refractivity contribution < 1.29 is 9.18 Å². The Morgan fingerprint density at radius 2 is 2.24 bits per heavy atom. The van der Waals surface area contributed by atoms with Crippen molar-refractivity contribution in [3.05, 3.63) is 42.0 Å². The number of hydrogen-bond acceptors (Lipinski definition) is 3. The first-order chi connectivity index (χ1) is 8.11. The van der Waals surface area contributed by atoms with Crippen LogP contribution in [0, 0.1) is 5.82 Å². The molecule has 1 aromatic heterocycles. The van der Waals surface area contributed by atoms with Crippen molar-refractivity contribution in [1.82, 2.24) is 15.1 Å². The number of nitrogens with one attached hydrogen (secondary N) is 1. The van der Waals surface area contributed by atoms with Crippen molar-refractivity contribution in [2.45, 2.75) is 0 Å². The fourth-order valence-electron chi connectivity index (χ4n) is 1.38. The highest BCUT2D eigenvalue weighted by atomic mass is 19.1. The molecule has 0 spiro atoms. The maximum absolute atomic E-state index is 13.3. The van der Waals surface area contributed by atoms with E-state index in [9.17, 15) is 9.18 Å². The van der Waals surface area contributed by atoms with Gasteiger partial charge in [0, 0.05) is 19.3 Å². The number of nitrogen functional groups attached to an aromatic ring is 1. The lowest BCUT2D eigenvalue weighted by Gasteiger charge is -2.02. The number of nitrogens with zero attached hydrogens (tertiary/aromatic N) is 2. The monoisotopic (exact) mass is 234 g/mol. The first-order valence-electron chi connectivity index (χ1n) is 4.95. The molecule has 5 nitrogen and oxygen atoms in total. The lowest BCUT2D eigenvalue weighted by molar-refractivity contribution is 0.0958. The van der Waals surface area contributed by atoms with E-state index in [0.29, 0.717) is 5.69 Å². The molecule has 88 valence electrons. The van der Waals surface area contributed by atoms with Gasteiger partial charge in [-0.3, -0.25) is 4.79 Å². The molecule has 17 heavy (non-hydrogen) atoms. The minimum atomic E-state index is -0.514. The van der Waals surface area contributed by atoms with Crippen LogP contribution in [0.2, 0.25) is 0 Å². The normalized spacial score (nSPS) is 10.2. The molecule has 2 aromatic rings. The van der Waals surface area contributed by atoms with Crippen molar-refractivity contribution in [3.63, 3.8) is 0 Å². The van der Waals surface area contributed by atoms with Crippen LogP contribution in [0.4, 0.5) is 10.1 Å². The standard InChI is InChI=1S/C11H11FN4O/c1-14-11(17)10-4-5-16(15-10)7-2-3-9(13)8(12)6-7/h2-6H,13H2,1H3,(H,14,17). The molecule has 0 aliphatic heterocycles. The van der Waals surface area contributed by atoms with E-state index in [1.54, 1.807) is 18.3 Å². The van der Waals surface area contributed by atoms with Crippen LogP contribution >= 0.6 is 0 Å². The Morgan fingerprint density at radius 1 is 1.47 bits per heavy atom. The molecule has 2 rings (SSSR count). The average molecular weight is 234 g/mol. The van der Waals surface area contributed by atoms with Gasteiger partial charge >= 0.3 is 0 Å². The van der Waals surface area contributed by atoms with E-state index in [-0.39, 0.29) is 17.3 Å². The topological polar surface area (TPSA) is 72.9 Å². The molecule has 0 saturated heterocycles. The number of hydrogen-bond donors (Lipinski definition) is 2. The molecule has 0 aliphatic carbocycles. The summed E-state index contributed by atoms with van der Waals surface area (Å²) >= 11 is 0. The van der Waals surface area contributed by atoms with Gasteiger partial charge in [-0.2, -0.15) is 5.10 Å². The fraction of sp³-hybridized carbons (Fsp3) is 0.0909. The summed E-state index contributed by atoms with van der Waals surface area (Å²) in [5, 5.41) is 6.48. The molecule has 0 unspecified atom stereocenters. The van der Waals surface area contributed by atoms with Crippen molar-refractivity contribution in [1.29, 1.82) is 0 Å². The van der Waals surface area contributed by atoms with E-state index >= 15 is 0 Å². The van der Waals surface area contributed by atoms with Crippen LogP contribution in [0.3, 0.4) is 0 Å². The van der Waals surface area contributed by atoms with Crippen molar-refractivity contribution in [2.24, 2.45) is 0 Å². The van der Waals surface area contributed by atoms with Gasteiger partial charge in [0.25, 0.3) is 5.91 Å². The Labute approximate surface area is 97.0 Å². The number of amides is 1. The lowest BCUT2D eigenvalue weighted by Crippen LogP contribution is -2.18. The van der Waals surface area contributed by atoms with Gasteiger partial charge in [0.05, 0.1) is 11.4 Å². The summed E-state index contributed by atoms with van der Waals surface area (Å²) in [6.45, 7) is 0. The quantitative estimate of drug-likeness (QED) is 0.760. The SMILES string of the molecule is CNC(=O)c1ccn(-c2ccc(N)c(F)c2)n1. The Kier molecular flexibility index (Phi) is 2.78. The van der Waals surface area contributed by atoms with Crippen LogP contribution in [-0.2, 0) is 0 Å². The third kappa shape index (κ3) is 2.10. The van der Waals surface area contributed by atoms with Gasteiger partial charge < -0.3 is 11.1 Å². The summed E-state index contributed by atoms with van der Waals surface area (Å²) in [6, 6.07) is 5.88. The summed E-state index contributed by atoms with van der Waals surface area (Å²) in [5.41, 5.74) is 6.22. The lowest BCUT2D eigenvalue weighted by atomic mass is 10.3. The van der Waals surface area contributed by atoms with Crippen LogP contribution in [0.1, 0.15) is 10.5 Å². The molecular formula is C11H11FN4O. The Bertz CT molecular complexity index is 564. The summed E-state index contributed by atoms with van der Waals surface area (Å²) < 4.78 is 14.7. The molecule has 1 heterocycles. The second kappa shape index (κ2) is 4.25. The van der Waals surface area contributed by atoms with E-state index in [1.165, 1.54) is 23.9 Å². The zero-order valence-corrected chi connectivity index (χ0v) is 9.14. The van der Waals surface area contributed by atoms with Crippen molar-refractivity contribution >= 4 is 11.6 Å². The molecule has 0 saturated carbocycles. The number of rotatable bonds is 2. The number of benzene rings is 1. The van der Waals surface area contributed by atoms with E-state index in [4.69, 9.17) is 5.73 Å². The molecule has 0 aliphatic rings. The molecule has 0 fully saturated rings. The number of carbonyl (C=O) groups excluding carboxylic acids is 1. The molecule has 0 bridgehead atoms. The largest absolute Gasteiger partial charge is 0.396 e. The third-order valence-electron chi connectivity index (χ3n) is 2.30. The molecular weight excluding hydrogens is 223 g/mol. The van der Waals surface area contributed by atoms with Crippen LogP contribution in [-0.4, -0.2) is 22.7 Å². The zero-order chi connectivity index (χ0) is 12.4. The Balaban J connectivity index is 2.37. The number of anilines is 1. The predicted molar refractivity (Wildman–Crippen MR) is 61.3 cm³/mol. The predicted octanol–water partition coefficient (Wildman–Crippen LogP) is 0.953. The first-order valence-corrected chi connectivity index (χ1v) is 4.95. The summed E-state index contributed by atoms with van der Waals surface area (Å²) in [7, 11) is 1.52. The number of nitrogens with two attached hydrogens (primary N) is 1. The maximum Gasteiger partial charge on any atom is 0.271 e. The molecule has 0 radical (unpaired) electrons. The van der Waals surface area contributed by atoms with Crippen LogP contribution in [0.15, 0.2) is 30.5 Å². The highest BCUT2D eigenvalue weighted by Gasteiger charge is 2.08. The minimum absolute atomic E-state index is 0.0763. The van der Waals surface area contributed by atoms with E-state index in [0.717, 1.165) is 0 Å². The van der Waals surface area contributed by atoms with E-state index in [1.807, 2.05) is 0 Å². The van der Waals surface area contributed by atoms with Crippen molar-refractivity contribution in [2.75, 3.05) is 12.8 Å². The molecule has 3 N–H and O–H groups in total. The van der Waals surface area contributed by atoms with Crippen LogP contribution in [0.25, 0.3) is 5.69 Å². The summed E-state index contributed by atoms with van der Waals surface area (Å²) in [5.74, 6) is -0.806. The smallest absolute Gasteiger partial charge is 0.271 e. The molecule has 1 amide bonds. The third-order valence-corrected chi connectivity index (χ3v) is 2.30. The van der Waals surface area contributed by atoms with E-state index < -0.39 is 5.82 Å². The van der Waals surface area contributed by atoms with Crippen LogP contribution in [0.5, 0.6) is 0 Å². The van der Waals surface area contributed by atoms with Crippen LogP contribution < -0.4 is 11.1 Å². The van der Waals surface area contributed by atoms with Gasteiger partial charge in [0.15, 0.2) is 5.69 Å². The summed E-state index contributed by atoms with van der Waals surface area (Å²) in [6.07, 6.45) is 1.58. The average Bonchev–Trinajstić information content (AvgIpc) is 2.81. The van der Waals surface area contributed by atoms with Gasteiger partial charge in [-0.05, 0) is 18.2 Å². The van der Waals surface area contributed by atoms with Gasteiger partial charge in [0.2, 0.25) is 0 Å². The van der Waals surface area contributed by atoms with Gasteiger partial charge in [0.1, 0.15) is 5.82 Å².